The van der Waals surface area contributed by atoms with Crippen LogP contribution in [0.15, 0.2) is 59.1 Å². The Hall–Kier alpha value is -2.40. The Bertz CT molecular complexity index is 902. The number of nitrogens with zero attached hydrogens (tertiary/aromatic N) is 2. The summed E-state index contributed by atoms with van der Waals surface area (Å²) >= 11 is 3.42. The average Bonchev–Trinajstić information content (AvgIpc) is 3.17. The van der Waals surface area contributed by atoms with Gasteiger partial charge in [0, 0.05) is 21.4 Å². The number of hydrogen-bond acceptors (Lipinski definition) is 2. The number of carbonyl (C=O) groups excluding carboxylic acids is 1. The highest BCUT2D eigenvalue weighted by Crippen LogP contribution is 2.28. The summed E-state index contributed by atoms with van der Waals surface area (Å²) in [5, 5.41) is 7.56. The number of anilines is 1. The molecule has 24 heavy (non-hydrogen) atoms. The van der Waals surface area contributed by atoms with Gasteiger partial charge in [-0.1, -0.05) is 40.2 Å². The minimum Gasteiger partial charge on any atom is -0.321 e. The smallest absolute Gasteiger partial charge is 0.276 e. The van der Waals surface area contributed by atoms with Gasteiger partial charge >= 0.3 is 0 Å². The van der Waals surface area contributed by atoms with Crippen molar-refractivity contribution in [2.75, 3.05) is 5.32 Å². The molecule has 0 bridgehead atoms. The van der Waals surface area contributed by atoms with Crippen LogP contribution in [0.3, 0.4) is 0 Å². The summed E-state index contributed by atoms with van der Waals surface area (Å²) in [6, 6.07) is 17.6. The van der Waals surface area contributed by atoms with Gasteiger partial charge in [0.1, 0.15) is 0 Å². The Morgan fingerprint density at radius 2 is 1.92 bits per heavy atom. The molecule has 5 heteroatoms. The molecule has 0 saturated carbocycles. The van der Waals surface area contributed by atoms with Crippen LogP contribution >= 0.6 is 15.9 Å². The first-order chi connectivity index (χ1) is 11.7. The standard InChI is InChI=1S/C19H16BrN3O/c20-13-6-4-7-14(12-13)21-19(24)18-16-10-5-11-17(16)23(22-18)15-8-2-1-3-9-15/h1-4,6-9,12H,5,10-11H2,(H,21,24). The average molecular weight is 382 g/mol. The van der Waals surface area contributed by atoms with E-state index in [1.165, 1.54) is 0 Å². The van der Waals surface area contributed by atoms with Crippen LogP contribution in [0.1, 0.15) is 28.2 Å². The van der Waals surface area contributed by atoms with Crippen LogP contribution in [0.2, 0.25) is 0 Å². The van der Waals surface area contributed by atoms with Crippen LogP contribution in [0.4, 0.5) is 5.69 Å². The van der Waals surface area contributed by atoms with Gasteiger partial charge < -0.3 is 5.32 Å². The largest absolute Gasteiger partial charge is 0.321 e. The minimum absolute atomic E-state index is 0.152. The van der Waals surface area contributed by atoms with Crippen molar-refractivity contribution in [3.05, 3.63) is 76.0 Å². The van der Waals surface area contributed by atoms with Crippen LogP contribution in [0.5, 0.6) is 0 Å². The molecule has 120 valence electrons. The molecule has 0 aliphatic heterocycles. The van der Waals surface area contributed by atoms with E-state index in [4.69, 9.17) is 0 Å². The van der Waals surface area contributed by atoms with Gasteiger partial charge in [-0.05, 0) is 49.6 Å². The number of para-hydroxylation sites is 1. The quantitative estimate of drug-likeness (QED) is 0.731. The van der Waals surface area contributed by atoms with E-state index >= 15 is 0 Å². The first-order valence-electron chi connectivity index (χ1n) is 7.95. The van der Waals surface area contributed by atoms with Crippen molar-refractivity contribution in [1.82, 2.24) is 9.78 Å². The Labute approximate surface area is 148 Å². The summed E-state index contributed by atoms with van der Waals surface area (Å²) in [6.45, 7) is 0. The minimum atomic E-state index is -0.152. The van der Waals surface area contributed by atoms with Crippen LogP contribution in [-0.4, -0.2) is 15.7 Å². The van der Waals surface area contributed by atoms with Crippen molar-refractivity contribution in [3.8, 4) is 5.69 Å². The van der Waals surface area contributed by atoms with Crippen molar-refractivity contribution in [2.24, 2.45) is 0 Å². The Morgan fingerprint density at radius 3 is 2.71 bits per heavy atom. The SMILES string of the molecule is O=C(Nc1cccc(Br)c1)c1nn(-c2ccccc2)c2c1CCC2. The Kier molecular flexibility index (Phi) is 3.94. The zero-order chi connectivity index (χ0) is 16.5. The number of rotatable bonds is 3. The van der Waals surface area contributed by atoms with Gasteiger partial charge in [0.05, 0.1) is 5.69 Å². The zero-order valence-corrected chi connectivity index (χ0v) is 14.6. The molecule has 3 aromatic rings. The van der Waals surface area contributed by atoms with E-state index in [9.17, 15) is 4.79 Å². The van der Waals surface area contributed by atoms with Gasteiger partial charge in [0.2, 0.25) is 0 Å². The fourth-order valence-corrected chi connectivity index (χ4v) is 3.56. The van der Waals surface area contributed by atoms with Crippen molar-refractivity contribution in [3.63, 3.8) is 0 Å². The van der Waals surface area contributed by atoms with E-state index in [-0.39, 0.29) is 5.91 Å². The molecule has 0 spiro atoms. The first-order valence-corrected chi connectivity index (χ1v) is 8.75. The van der Waals surface area contributed by atoms with Gasteiger partial charge in [-0.3, -0.25) is 4.79 Å². The lowest BCUT2D eigenvalue weighted by atomic mass is 10.2. The third-order valence-corrected chi connectivity index (χ3v) is 4.72. The second-order valence-electron chi connectivity index (χ2n) is 5.84. The number of benzene rings is 2. The number of nitrogens with one attached hydrogen (secondary N) is 1. The maximum absolute atomic E-state index is 12.7. The van der Waals surface area contributed by atoms with Gasteiger partial charge in [0.25, 0.3) is 5.91 Å². The topological polar surface area (TPSA) is 46.9 Å². The van der Waals surface area contributed by atoms with Crippen molar-refractivity contribution >= 4 is 27.5 Å². The van der Waals surface area contributed by atoms with E-state index in [1.54, 1.807) is 0 Å². The molecule has 0 saturated heterocycles. The predicted octanol–water partition coefficient (Wildman–Crippen LogP) is 4.38. The lowest BCUT2D eigenvalue weighted by Crippen LogP contribution is -2.15. The van der Waals surface area contributed by atoms with Gasteiger partial charge in [-0.2, -0.15) is 5.10 Å². The van der Waals surface area contributed by atoms with E-state index in [0.29, 0.717) is 5.69 Å². The third kappa shape index (κ3) is 2.76. The second-order valence-corrected chi connectivity index (χ2v) is 6.75. The summed E-state index contributed by atoms with van der Waals surface area (Å²) < 4.78 is 2.85. The molecule has 1 heterocycles. The molecule has 0 unspecified atom stereocenters. The lowest BCUT2D eigenvalue weighted by Gasteiger charge is -2.05. The van der Waals surface area contributed by atoms with Crippen LogP contribution in [0.25, 0.3) is 5.69 Å². The van der Waals surface area contributed by atoms with E-state index in [2.05, 4.69) is 26.3 Å². The highest BCUT2D eigenvalue weighted by Gasteiger charge is 2.26. The summed E-state index contributed by atoms with van der Waals surface area (Å²) in [5.74, 6) is -0.152. The molecule has 1 aromatic heterocycles. The van der Waals surface area contributed by atoms with E-state index in [0.717, 1.165) is 46.4 Å². The lowest BCUT2D eigenvalue weighted by molar-refractivity contribution is 0.102. The fourth-order valence-electron chi connectivity index (χ4n) is 3.16. The normalized spacial score (nSPS) is 12.9. The molecule has 1 aliphatic rings. The number of carbonyl (C=O) groups is 1. The number of halogens is 1. The predicted molar refractivity (Wildman–Crippen MR) is 97.7 cm³/mol. The maximum atomic E-state index is 12.7. The summed E-state index contributed by atoms with van der Waals surface area (Å²) in [4.78, 5) is 12.7. The van der Waals surface area contributed by atoms with Crippen LogP contribution < -0.4 is 5.32 Å². The number of hydrogen-bond donors (Lipinski definition) is 1. The molecule has 0 fully saturated rings. The maximum Gasteiger partial charge on any atom is 0.276 e. The summed E-state index contributed by atoms with van der Waals surface area (Å²) in [7, 11) is 0. The Balaban J connectivity index is 1.70. The fraction of sp³-hybridized carbons (Fsp3) is 0.158. The monoisotopic (exact) mass is 381 g/mol. The first kappa shape index (κ1) is 15.1. The molecule has 2 aromatic carbocycles. The Morgan fingerprint density at radius 1 is 1.08 bits per heavy atom. The second kappa shape index (κ2) is 6.24. The van der Waals surface area contributed by atoms with Gasteiger partial charge in [0.15, 0.2) is 5.69 Å². The zero-order valence-electron chi connectivity index (χ0n) is 13.0. The third-order valence-electron chi connectivity index (χ3n) is 4.23. The van der Waals surface area contributed by atoms with Crippen molar-refractivity contribution in [1.29, 1.82) is 0 Å². The number of aromatic nitrogens is 2. The molecule has 0 radical (unpaired) electrons. The summed E-state index contributed by atoms with van der Waals surface area (Å²) in [6.07, 6.45) is 2.93. The number of fused-ring (bicyclic) bond motifs is 1. The molecule has 4 nitrogen and oxygen atoms in total. The summed E-state index contributed by atoms with van der Waals surface area (Å²) in [5.41, 5.74) is 4.52. The van der Waals surface area contributed by atoms with Crippen molar-refractivity contribution in [2.45, 2.75) is 19.3 Å². The van der Waals surface area contributed by atoms with Crippen LogP contribution in [0, 0.1) is 0 Å². The van der Waals surface area contributed by atoms with Crippen molar-refractivity contribution < 1.29 is 4.79 Å². The molecule has 1 amide bonds. The molecular formula is C19H16BrN3O. The van der Waals surface area contributed by atoms with E-state index < -0.39 is 0 Å². The molecule has 4 rings (SSSR count). The van der Waals surface area contributed by atoms with E-state index in [1.807, 2.05) is 59.3 Å². The molecule has 0 atom stereocenters. The van der Waals surface area contributed by atoms with Crippen LogP contribution in [-0.2, 0) is 12.8 Å². The highest BCUT2D eigenvalue weighted by atomic mass is 79.9. The number of amides is 1. The molecular weight excluding hydrogens is 366 g/mol. The highest BCUT2D eigenvalue weighted by molar-refractivity contribution is 9.10. The molecule has 1 aliphatic carbocycles. The van der Waals surface area contributed by atoms with Gasteiger partial charge in [-0.15, -0.1) is 0 Å². The van der Waals surface area contributed by atoms with Gasteiger partial charge in [-0.25, -0.2) is 4.68 Å². The molecule has 1 N–H and O–H groups in total.